The monoisotopic (exact) mass is 312 g/mol. The van der Waals surface area contributed by atoms with E-state index in [9.17, 15) is 9.59 Å². The number of hydrogen-bond donors (Lipinski definition) is 0. The number of nitrogens with zero attached hydrogens (tertiary/aromatic N) is 2. The molecule has 2 aromatic rings. The molecule has 0 spiro atoms. The van der Waals surface area contributed by atoms with Crippen LogP contribution in [0.3, 0.4) is 0 Å². The van der Waals surface area contributed by atoms with Gasteiger partial charge in [-0.3, -0.25) is 14.2 Å². The van der Waals surface area contributed by atoms with Gasteiger partial charge in [-0.25, -0.2) is 4.98 Å². The lowest BCUT2D eigenvalue weighted by Gasteiger charge is -2.07. The zero-order chi connectivity index (χ0) is 14.5. The number of esters is 1. The average molecular weight is 312 g/mol. The Morgan fingerprint density at radius 1 is 1.55 bits per heavy atom. The molecule has 5 nitrogen and oxygen atoms in total. The molecule has 0 amide bonds. The van der Waals surface area contributed by atoms with Crippen molar-refractivity contribution in [2.45, 2.75) is 24.9 Å². The molecular formula is C13H16N2O3S2. The molecule has 0 unspecified atom stereocenters. The summed E-state index contributed by atoms with van der Waals surface area (Å²) in [6, 6.07) is 1.81. The molecule has 0 fully saturated rings. The van der Waals surface area contributed by atoms with Gasteiger partial charge in [0.2, 0.25) is 0 Å². The Hall–Kier alpha value is -1.34. The molecule has 0 aliphatic rings. The maximum atomic E-state index is 12.1. The van der Waals surface area contributed by atoms with E-state index in [-0.39, 0.29) is 17.3 Å². The predicted molar refractivity (Wildman–Crippen MR) is 81.5 cm³/mol. The van der Waals surface area contributed by atoms with E-state index in [0.717, 1.165) is 12.8 Å². The molecule has 2 aromatic heterocycles. The third-order valence-corrected chi connectivity index (χ3v) is 4.62. The van der Waals surface area contributed by atoms with Crippen LogP contribution >= 0.6 is 23.1 Å². The highest BCUT2D eigenvalue weighted by Gasteiger charge is 2.12. The van der Waals surface area contributed by atoms with Gasteiger partial charge in [0.05, 0.1) is 17.9 Å². The maximum absolute atomic E-state index is 12.1. The number of thiophene rings is 1. The fraction of sp³-hybridized carbons (Fsp3) is 0.462. The minimum Gasteiger partial charge on any atom is -0.465 e. The lowest BCUT2D eigenvalue weighted by Crippen LogP contribution is -2.19. The molecular weight excluding hydrogens is 296 g/mol. The van der Waals surface area contributed by atoms with Gasteiger partial charge in [-0.05, 0) is 17.9 Å². The number of unbranched alkanes of at least 4 members (excludes halogenated alkanes) is 1. The Balaban J connectivity index is 2.04. The summed E-state index contributed by atoms with van der Waals surface area (Å²) in [7, 11) is 1.67. The first kappa shape index (κ1) is 15.1. The summed E-state index contributed by atoms with van der Waals surface area (Å²) in [5, 5.41) is 2.38. The zero-order valence-electron chi connectivity index (χ0n) is 11.4. The first-order valence-corrected chi connectivity index (χ1v) is 8.22. The quantitative estimate of drug-likeness (QED) is 0.355. The summed E-state index contributed by atoms with van der Waals surface area (Å²) < 4.78 is 7.19. The Kier molecular flexibility index (Phi) is 5.19. The van der Waals surface area contributed by atoms with Crippen molar-refractivity contribution in [1.82, 2.24) is 9.55 Å². The molecule has 0 radical (unpaired) electrons. The molecule has 20 heavy (non-hydrogen) atoms. The normalized spacial score (nSPS) is 10.9. The summed E-state index contributed by atoms with van der Waals surface area (Å²) in [6.07, 6.45) is 1.86. The lowest BCUT2D eigenvalue weighted by molar-refractivity contribution is -0.140. The van der Waals surface area contributed by atoms with Crippen LogP contribution in [-0.4, -0.2) is 27.9 Å². The first-order valence-electron chi connectivity index (χ1n) is 6.36. The van der Waals surface area contributed by atoms with Gasteiger partial charge in [0, 0.05) is 7.05 Å². The van der Waals surface area contributed by atoms with E-state index in [1.165, 1.54) is 27.7 Å². The van der Waals surface area contributed by atoms with Gasteiger partial charge in [-0.2, -0.15) is 0 Å². The van der Waals surface area contributed by atoms with Crippen LogP contribution in [0.4, 0.5) is 0 Å². The Labute approximate surface area is 125 Å². The van der Waals surface area contributed by atoms with Crippen LogP contribution in [0.1, 0.15) is 19.8 Å². The third-order valence-electron chi connectivity index (χ3n) is 2.73. The summed E-state index contributed by atoms with van der Waals surface area (Å²) >= 11 is 2.61. The molecule has 0 aliphatic carbocycles. The standard InChI is InChI=1S/C13H16N2O3S2/c1-3-4-6-18-10(16)8-20-13-14-9-5-7-19-11(9)12(17)15(13)2/h5,7H,3-4,6,8H2,1-2H3. The van der Waals surface area contributed by atoms with Crippen LogP contribution in [0.25, 0.3) is 10.2 Å². The number of carbonyl (C=O) groups is 1. The van der Waals surface area contributed by atoms with Crippen molar-refractivity contribution in [3.05, 3.63) is 21.8 Å². The van der Waals surface area contributed by atoms with Crippen molar-refractivity contribution in [3.63, 3.8) is 0 Å². The van der Waals surface area contributed by atoms with Crippen molar-refractivity contribution in [2.24, 2.45) is 7.05 Å². The summed E-state index contributed by atoms with van der Waals surface area (Å²) in [6.45, 7) is 2.49. The number of fused-ring (bicyclic) bond motifs is 1. The Morgan fingerprint density at radius 3 is 3.10 bits per heavy atom. The zero-order valence-corrected chi connectivity index (χ0v) is 13.1. The molecule has 0 aromatic carbocycles. The van der Waals surface area contributed by atoms with Crippen molar-refractivity contribution in [2.75, 3.05) is 12.4 Å². The number of ether oxygens (including phenoxy) is 1. The van der Waals surface area contributed by atoms with Crippen LogP contribution < -0.4 is 5.56 Å². The fourth-order valence-electron chi connectivity index (χ4n) is 1.59. The van der Waals surface area contributed by atoms with E-state index in [0.29, 0.717) is 22.0 Å². The molecule has 7 heteroatoms. The minimum absolute atomic E-state index is 0.0770. The Bertz CT molecular complexity index is 663. The lowest BCUT2D eigenvalue weighted by atomic mass is 10.4. The van der Waals surface area contributed by atoms with Gasteiger partial charge in [0.25, 0.3) is 5.56 Å². The predicted octanol–water partition coefficient (Wildman–Crippen LogP) is 2.43. The van der Waals surface area contributed by atoms with Gasteiger partial charge in [0.15, 0.2) is 5.16 Å². The van der Waals surface area contributed by atoms with Crippen LogP contribution in [0, 0.1) is 0 Å². The minimum atomic E-state index is -0.275. The van der Waals surface area contributed by atoms with Gasteiger partial charge >= 0.3 is 5.97 Å². The van der Waals surface area contributed by atoms with E-state index in [1.807, 2.05) is 18.4 Å². The SMILES string of the molecule is CCCCOC(=O)CSc1nc2ccsc2c(=O)n1C. The van der Waals surface area contributed by atoms with Gasteiger partial charge < -0.3 is 4.74 Å². The smallest absolute Gasteiger partial charge is 0.316 e. The average Bonchev–Trinajstić information content (AvgIpc) is 2.90. The van der Waals surface area contributed by atoms with Gasteiger partial charge in [0.1, 0.15) is 4.70 Å². The highest BCUT2D eigenvalue weighted by molar-refractivity contribution is 7.99. The molecule has 2 heterocycles. The van der Waals surface area contributed by atoms with Crippen molar-refractivity contribution in [3.8, 4) is 0 Å². The van der Waals surface area contributed by atoms with Crippen molar-refractivity contribution in [1.29, 1.82) is 0 Å². The Morgan fingerprint density at radius 2 is 2.35 bits per heavy atom. The highest BCUT2D eigenvalue weighted by Crippen LogP contribution is 2.20. The topological polar surface area (TPSA) is 61.2 Å². The summed E-state index contributed by atoms with van der Waals surface area (Å²) in [5.74, 6) is -0.109. The second kappa shape index (κ2) is 6.90. The number of rotatable bonds is 6. The number of thioether (sulfide) groups is 1. The number of hydrogen-bond acceptors (Lipinski definition) is 6. The summed E-state index contributed by atoms with van der Waals surface area (Å²) in [4.78, 5) is 28.0. The molecule has 0 atom stereocenters. The summed E-state index contributed by atoms with van der Waals surface area (Å²) in [5.41, 5.74) is 0.604. The van der Waals surface area contributed by atoms with Crippen molar-refractivity contribution < 1.29 is 9.53 Å². The number of aromatic nitrogens is 2. The first-order chi connectivity index (χ1) is 9.63. The molecule has 0 bridgehead atoms. The van der Waals surface area contributed by atoms with Gasteiger partial charge in [-0.15, -0.1) is 11.3 Å². The number of carbonyl (C=O) groups excluding carboxylic acids is 1. The third kappa shape index (κ3) is 3.40. The van der Waals surface area contributed by atoms with E-state index in [1.54, 1.807) is 7.05 Å². The van der Waals surface area contributed by atoms with Crippen LogP contribution in [0.15, 0.2) is 21.4 Å². The van der Waals surface area contributed by atoms with Crippen LogP contribution in [0.5, 0.6) is 0 Å². The van der Waals surface area contributed by atoms with Crippen LogP contribution in [-0.2, 0) is 16.6 Å². The molecule has 0 saturated carbocycles. The fourth-order valence-corrected chi connectivity index (χ4v) is 3.17. The van der Waals surface area contributed by atoms with Crippen molar-refractivity contribution >= 4 is 39.3 Å². The molecule has 0 saturated heterocycles. The van der Waals surface area contributed by atoms with E-state index < -0.39 is 0 Å². The van der Waals surface area contributed by atoms with E-state index in [2.05, 4.69) is 4.98 Å². The molecule has 0 N–H and O–H groups in total. The van der Waals surface area contributed by atoms with Gasteiger partial charge in [-0.1, -0.05) is 25.1 Å². The second-order valence-electron chi connectivity index (χ2n) is 4.26. The molecule has 0 aliphatic heterocycles. The van der Waals surface area contributed by atoms with E-state index in [4.69, 9.17) is 4.74 Å². The van der Waals surface area contributed by atoms with E-state index >= 15 is 0 Å². The van der Waals surface area contributed by atoms with Crippen LogP contribution in [0.2, 0.25) is 0 Å². The largest absolute Gasteiger partial charge is 0.465 e. The molecule has 108 valence electrons. The highest BCUT2D eigenvalue weighted by atomic mass is 32.2. The maximum Gasteiger partial charge on any atom is 0.316 e. The molecule has 2 rings (SSSR count). The second-order valence-corrected chi connectivity index (χ2v) is 6.11.